The van der Waals surface area contributed by atoms with Gasteiger partial charge in [-0.15, -0.1) is 11.3 Å². The number of rotatable bonds is 6. The lowest BCUT2D eigenvalue weighted by Gasteiger charge is -2.43. The van der Waals surface area contributed by atoms with Gasteiger partial charge in [-0.1, -0.05) is 135 Å². The fourth-order valence-corrected chi connectivity index (χ4v) is 9.17. The van der Waals surface area contributed by atoms with Crippen LogP contribution in [-0.2, 0) is 5.41 Å². The van der Waals surface area contributed by atoms with Crippen LogP contribution in [0.1, 0.15) is 24.3 Å². The highest BCUT2D eigenvalue weighted by molar-refractivity contribution is 7.16. The molecule has 0 spiro atoms. The second-order valence-corrected chi connectivity index (χ2v) is 15.3. The van der Waals surface area contributed by atoms with Crippen molar-refractivity contribution in [1.82, 2.24) is 0 Å². The highest BCUT2D eigenvalue weighted by Crippen LogP contribution is 2.62. The van der Waals surface area contributed by atoms with Gasteiger partial charge >= 0.3 is 0 Å². The summed E-state index contributed by atoms with van der Waals surface area (Å²) >= 11 is 1.89. The average molecular weight is 701 g/mol. The summed E-state index contributed by atoms with van der Waals surface area (Å²) in [6, 6.07) is 65.2. The smallest absolute Gasteiger partial charge is 0.151 e. The molecule has 10 rings (SSSR count). The fraction of sp³-hybridized carbons (Fsp3) is 0.0612. The van der Waals surface area contributed by atoms with E-state index < -0.39 is 0 Å². The molecule has 0 radical (unpaired) electrons. The van der Waals surface area contributed by atoms with Gasteiger partial charge in [0.15, 0.2) is 11.5 Å². The number of thiophene rings is 1. The van der Waals surface area contributed by atoms with E-state index in [1.165, 1.54) is 48.8 Å². The number of hydrogen-bond donors (Lipinski definition) is 0. The van der Waals surface area contributed by atoms with Gasteiger partial charge in [-0.25, -0.2) is 0 Å². The van der Waals surface area contributed by atoms with Crippen LogP contribution in [0.5, 0.6) is 11.5 Å². The first-order chi connectivity index (χ1) is 26.0. The quantitative estimate of drug-likeness (QED) is 0.172. The number of para-hydroxylation sites is 3. The van der Waals surface area contributed by atoms with Crippen molar-refractivity contribution < 1.29 is 4.74 Å². The Balaban J connectivity index is 1.04. The molecule has 0 amide bonds. The Hall–Kier alpha value is -6.36. The minimum atomic E-state index is -0.176. The van der Waals surface area contributed by atoms with Crippen LogP contribution in [0.4, 0.5) is 34.1 Å². The molecule has 0 bridgehead atoms. The summed E-state index contributed by atoms with van der Waals surface area (Å²) in [4.78, 5) is 7.37. The van der Waals surface area contributed by atoms with Gasteiger partial charge in [-0.2, -0.15) is 0 Å². The maximum atomic E-state index is 6.45. The molecule has 4 heteroatoms. The first-order valence-corrected chi connectivity index (χ1v) is 18.9. The third-order valence-corrected chi connectivity index (χ3v) is 12.1. The monoisotopic (exact) mass is 700 g/mol. The van der Waals surface area contributed by atoms with Gasteiger partial charge in [0.2, 0.25) is 0 Å². The largest absolute Gasteiger partial charge is 0.453 e. The molecule has 2 aliphatic rings. The van der Waals surface area contributed by atoms with Gasteiger partial charge in [0.25, 0.3) is 0 Å². The van der Waals surface area contributed by atoms with Crippen LogP contribution in [0.25, 0.3) is 32.7 Å². The van der Waals surface area contributed by atoms with E-state index in [1.807, 2.05) is 17.4 Å². The summed E-state index contributed by atoms with van der Waals surface area (Å²) in [6.07, 6.45) is 0. The van der Waals surface area contributed by atoms with E-state index in [2.05, 4.69) is 200 Å². The Morgan fingerprint density at radius 1 is 0.472 bits per heavy atom. The van der Waals surface area contributed by atoms with Crippen LogP contribution >= 0.6 is 11.3 Å². The molecule has 0 aliphatic carbocycles. The van der Waals surface area contributed by atoms with Gasteiger partial charge in [0, 0.05) is 32.2 Å². The van der Waals surface area contributed by atoms with E-state index in [-0.39, 0.29) is 5.41 Å². The molecule has 7 aromatic carbocycles. The molecular weight excluding hydrogens is 665 g/mol. The van der Waals surface area contributed by atoms with E-state index in [0.717, 1.165) is 39.9 Å². The number of hydrogen-bond acceptors (Lipinski definition) is 4. The normalized spacial score (nSPS) is 13.4. The van der Waals surface area contributed by atoms with Crippen molar-refractivity contribution in [3.05, 3.63) is 192 Å². The topological polar surface area (TPSA) is 15.7 Å². The molecule has 0 N–H and O–H groups in total. The molecule has 3 nitrogen and oxygen atoms in total. The van der Waals surface area contributed by atoms with Gasteiger partial charge in [0.05, 0.1) is 17.1 Å². The van der Waals surface area contributed by atoms with Crippen LogP contribution in [0.3, 0.4) is 0 Å². The summed E-state index contributed by atoms with van der Waals surface area (Å²) in [5.41, 5.74) is 13.9. The van der Waals surface area contributed by atoms with Crippen molar-refractivity contribution in [1.29, 1.82) is 0 Å². The van der Waals surface area contributed by atoms with Crippen molar-refractivity contribution >= 4 is 45.5 Å². The molecular formula is C49H36N2OS. The Kier molecular flexibility index (Phi) is 7.34. The second-order valence-electron chi connectivity index (χ2n) is 14.2. The van der Waals surface area contributed by atoms with Gasteiger partial charge in [-0.3, -0.25) is 0 Å². The molecule has 2 aliphatic heterocycles. The van der Waals surface area contributed by atoms with Gasteiger partial charge in [-0.05, 0) is 94.0 Å². The lowest BCUT2D eigenvalue weighted by atomic mass is 9.78. The predicted octanol–water partition coefficient (Wildman–Crippen LogP) is 14.4. The van der Waals surface area contributed by atoms with E-state index >= 15 is 0 Å². The van der Waals surface area contributed by atoms with Gasteiger partial charge in [0.1, 0.15) is 0 Å². The van der Waals surface area contributed by atoms with E-state index in [0.29, 0.717) is 0 Å². The third kappa shape index (κ3) is 5.25. The lowest BCUT2D eigenvalue weighted by Crippen LogP contribution is -2.30. The average Bonchev–Trinajstić information content (AvgIpc) is 3.68. The van der Waals surface area contributed by atoms with E-state index in [1.54, 1.807) is 0 Å². The molecule has 3 heterocycles. The molecule has 0 saturated heterocycles. The molecule has 0 atom stereocenters. The first kappa shape index (κ1) is 31.4. The van der Waals surface area contributed by atoms with Crippen LogP contribution in [0, 0.1) is 0 Å². The SMILES string of the molecule is CC1(C)c2cccc3c2N(c2ccccc2O3)c2cc(-c3ccc(N(c4ccc(-c5ccccc5)cc4)c4ccc(-c5ccccc5)cc4)cc3)sc21. The summed E-state index contributed by atoms with van der Waals surface area (Å²) in [6.45, 7) is 4.68. The Morgan fingerprint density at radius 2 is 0.962 bits per heavy atom. The highest BCUT2D eigenvalue weighted by atomic mass is 32.1. The third-order valence-electron chi connectivity index (χ3n) is 10.6. The number of nitrogens with zero attached hydrogens (tertiary/aromatic N) is 2. The van der Waals surface area contributed by atoms with Crippen LogP contribution < -0.4 is 14.5 Å². The summed E-state index contributed by atoms with van der Waals surface area (Å²) < 4.78 is 6.45. The van der Waals surface area contributed by atoms with E-state index in [4.69, 9.17) is 4.74 Å². The first-order valence-electron chi connectivity index (χ1n) is 18.1. The Morgan fingerprint density at radius 3 is 1.55 bits per heavy atom. The van der Waals surface area contributed by atoms with Gasteiger partial charge < -0.3 is 14.5 Å². The number of fused-ring (bicyclic) bond motifs is 4. The van der Waals surface area contributed by atoms with Crippen molar-refractivity contribution in [3.63, 3.8) is 0 Å². The number of ether oxygens (including phenoxy) is 1. The van der Waals surface area contributed by atoms with Crippen LogP contribution in [0.2, 0.25) is 0 Å². The number of anilines is 6. The fourth-order valence-electron chi connectivity index (χ4n) is 7.91. The predicted molar refractivity (Wildman–Crippen MR) is 222 cm³/mol. The van der Waals surface area contributed by atoms with Crippen LogP contribution in [-0.4, -0.2) is 0 Å². The highest BCUT2D eigenvalue weighted by Gasteiger charge is 2.43. The molecule has 0 saturated carbocycles. The van der Waals surface area contributed by atoms with Crippen molar-refractivity contribution in [2.45, 2.75) is 19.3 Å². The van der Waals surface area contributed by atoms with Crippen molar-refractivity contribution in [3.8, 4) is 44.2 Å². The number of benzene rings is 7. The molecule has 0 unspecified atom stereocenters. The minimum absolute atomic E-state index is 0.176. The zero-order valence-corrected chi connectivity index (χ0v) is 30.3. The summed E-state index contributed by atoms with van der Waals surface area (Å²) in [5.74, 6) is 1.79. The zero-order chi connectivity index (χ0) is 35.5. The van der Waals surface area contributed by atoms with Crippen molar-refractivity contribution in [2.75, 3.05) is 9.80 Å². The minimum Gasteiger partial charge on any atom is -0.453 e. The zero-order valence-electron chi connectivity index (χ0n) is 29.5. The lowest BCUT2D eigenvalue weighted by molar-refractivity contribution is 0.472. The second kappa shape index (κ2) is 12.4. The summed E-state index contributed by atoms with van der Waals surface area (Å²) in [7, 11) is 0. The Labute approximate surface area is 314 Å². The maximum Gasteiger partial charge on any atom is 0.151 e. The molecule has 53 heavy (non-hydrogen) atoms. The standard InChI is InChI=1S/C49H36N2OS/c1-49(2)41-16-11-19-45-47(41)51(42-17-9-10-18-44(42)52-45)43-32-46(53-48(43)49)37-24-30-40(31-25-37)50(38-26-20-35(21-27-38)33-12-5-3-6-13-33)39-28-22-36(23-29-39)34-14-7-4-8-15-34/h3-32H,1-2H3. The molecule has 1 aromatic heterocycles. The maximum absolute atomic E-state index is 6.45. The Bertz CT molecular complexity index is 2510. The van der Waals surface area contributed by atoms with E-state index in [9.17, 15) is 0 Å². The summed E-state index contributed by atoms with van der Waals surface area (Å²) in [5, 5.41) is 0. The molecule has 254 valence electrons. The van der Waals surface area contributed by atoms with Crippen molar-refractivity contribution in [2.24, 2.45) is 0 Å². The molecule has 8 aromatic rings. The van der Waals surface area contributed by atoms with Crippen LogP contribution in [0.15, 0.2) is 182 Å². The molecule has 0 fully saturated rings.